The SMILES string of the molecule is CC(=O)c1ccc(CCNC(=O)c2cccc(Cl)c2)s1. The summed E-state index contributed by atoms with van der Waals surface area (Å²) < 4.78 is 0. The highest BCUT2D eigenvalue weighted by Crippen LogP contribution is 2.17. The van der Waals surface area contributed by atoms with Crippen LogP contribution in [0.5, 0.6) is 0 Å². The number of carbonyl (C=O) groups is 2. The molecule has 0 aliphatic carbocycles. The van der Waals surface area contributed by atoms with E-state index in [1.807, 2.05) is 12.1 Å². The first kappa shape index (κ1) is 14.8. The highest BCUT2D eigenvalue weighted by atomic mass is 35.5. The van der Waals surface area contributed by atoms with Gasteiger partial charge in [-0.2, -0.15) is 0 Å². The van der Waals surface area contributed by atoms with Gasteiger partial charge in [-0.05, 0) is 43.7 Å². The fourth-order valence-electron chi connectivity index (χ4n) is 1.73. The summed E-state index contributed by atoms with van der Waals surface area (Å²) in [5.74, 6) is -0.0694. The lowest BCUT2D eigenvalue weighted by atomic mass is 10.2. The third kappa shape index (κ3) is 3.92. The highest BCUT2D eigenvalue weighted by molar-refractivity contribution is 7.14. The van der Waals surface area contributed by atoms with E-state index in [4.69, 9.17) is 11.6 Å². The van der Waals surface area contributed by atoms with Crippen molar-refractivity contribution < 1.29 is 9.59 Å². The Labute approximate surface area is 126 Å². The first-order chi connectivity index (χ1) is 9.56. The minimum atomic E-state index is -0.143. The first-order valence-electron chi connectivity index (χ1n) is 6.19. The Bertz CT molecular complexity index is 636. The van der Waals surface area contributed by atoms with Gasteiger partial charge in [0.05, 0.1) is 4.88 Å². The van der Waals surface area contributed by atoms with Gasteiger partial charge < -0.3 is 5.32 Å². The number of amides is 1. The normalized spacial score (nSPS) is 10.3. The molecule has 0 fully saturated rings. The molecule has 3 nitrogen and oxygen atoms in total. The molecule has 0 radical (unpaired) electrons. The quantitative estimate of drug-likeness (QED) is 0.858. The Hall–Kier alpha value is -1.65. The molecule has 0 bridgehead atoms. The molecule has 0 aliphatic heterocycles. The summed E-state index contributed by atoms with van der Waals surface area (Å²) in [7, 11) is 0. The molecule has 104 valence electrons. The number of benzene rings is 1. The topological polar surface area (TPSA) is 46.2 Å². The smallest absolute Gasteiger partial charge is 0.251 e. The van der Waals surface area contributed by atoms with E-state index in [1.165, 1.54) is 11.3 Å². The molecule has 2 rings (SSSR count). The molecule has 0 aliphatic rings. The largest absolute Gasteiger partial charge is 0.352 e. The number of hydrogen-bond acceptors (Lipinski definition) is 3. The van der Waals surface area contributed by atoms with Crippen LogP contribution in [0.1, 0.15) is 31.8 Å². The lowest BCUT2D eigenvalue weighted by Crippen LogP contribution is -2.25. The van der Waals surface area contributed by atoms with Crippen molar-refractivity contribution in [1.29, 1.82) is 0 Å². The predicted molar refractivity (Wildman–Crippen MR) is 81.8 cm³/mol. The molecule has 1 aromatic carbocycles. The molecule has 20 heavy (non-hydrogen) atoms. The third-order valence-electron chi connectivity index (χ3n) is 2.75. The number of hydrogen-bond donors (Lipinski definition) is 1. The monoisotopic (exact) mass is 307 g/mol. The highest BCUT2D eigenvalue weighted by Gasteiger charge is 2.07. The Morgan fingerprint density at radius 1 is 1.25 bits per heavy atom. The van der Waals surface area contributed by atoms with Crippen molar-refractivity contribution in [2.75, 3.05) is 6.54 Å². The average molecular weight is 308 g/mol. The van der Waals surface area contributed by atoms with Crippen molar-refractivity contribution in [3.63, 3.8) is 0 Å². The van der Waals surface area contributed by atoms with Crippen molar-refractivity contribution in [3.8, 4) is 0 Å². The molecule has 1 N–H and O–H groups in total. The summed E-state index contributed by atoms with van der Waals surface area (Å²) in [6.45, 7) is 2.08. The van der Waals surface area contributed by atoms with E-state index in [2.05, 4.69) is 5.32 Å². The van der Waals surface area contributed by atoms with Crippen LogP contribution in [0.2, 0.25) is 5.02 Å². The van der Waals surface area contributed by atoms with E-state index in [0.717, 1.165) is 9.75 Å². The van der Waals surface area contributed by atoms with Gasteiger partial charge in [-0.3, -0.25) is 9.59 Å². The fourth-order valence-corrected chi connectivity index (χ4v) is 2.83. The molecule has 2 aromatic rings. The van der Waals surface area contributed by atoms with Crippen LogP contribution in [-0.2, 0) is 6.42 Å². The van der Waals surface area contributed by atoms with E-state index >= 15 is 0 Å². The van der Waals surface area contributed by atoms with Crippen LogP contribution in [0.25, 0.3) is 0 Å². The van der Waals surface area contributed by atoms with Crippen LogP contribution < -0.4 is 5.32 Å². The van der Waals surface area contributed by atoms with Crippen LogP contribution in [-0.4, -0.2) is 18.2 Å². The third-order valence-corrected chi connectivity index (χ3v) is 4.23. The molecule has 1 amide bonds. The second-order valence-electron chi connectivity index (χ2n) is 4.34. The predicted octanol–water partition coefficient (Wildman–Crippen LogP) is 3.58. The van der Waals surface area contributed by atoms with Gasteiger partial charge in [-0.25, -0.2) is 0 Å². The summed E-state index contributed by atoms with van der Waals surface area (Å²) in [4.78, 5) is 24.9. The summed E-state index contributed by atoms with van der Waals surface area (Å²) in [6.07, 6.45) is 0.713. The van der Waals surface area contributed by atoms with E-state index in [1.54, 1.807) is 31.2 Å². The van der Waals surface area contributed by atoms with Crippen LogP contribution in [0.15, 0.2) is 36.4 Å². The van der Waals surface area contributed by atoms with Crippen molar-refractivity contribution in [3.05, 3.63) is 56.7 Å². The molecule has 0 unspecified atom stereocenters. The van der Waals surface area contributed by atoms with E-state index in [0.29, 0.717) is 23.6 Å². The summed E-state index contributed by atoms with van der Waals surface area (Å²) in [5.41, 5.74) is 0.549. The van der Waals surface area contributed by atoms with Crippen LogP contribution in [0.4, 0.5) is 0 Å². The van der Waals surface area contributed by atoms with Crippen molar-refractivity contribution in [2.24, 2.45) is 0 Å². The van der Waals surface area contributed by atoms with Gasteiger partial charge >= 0.3 is 0 Å². The lowest BCUT2D eigenvalue weighted by Gasteiger charge is -2.04. The number of rotatable bonds is 5. The Morgan fingerprint density at radius 3 is 2.70 bits per heavy atom. The summed E-state index contributed by atoms with van der Waals surface area (Å²) in [5, 5.41) is 3.38. The van der Waals surface area contributed by atoms with E-state index < -0.39 is 0 Å². The number of nitrogens with one attached hydrogen (secondary N) is 1. The van der Waals surface area contributed by atoms with Gasteiger partial charge in [0.2, 0.25) is 0 Å². The fraction of sp³-hybridized carbons (Fsp3) is 0.200. The van der Waals surface area contributed by atoms with Crippen molar-refractivity contribution in [1.82, 2.24) is 5.32 Å². The van der Waals surface area contributed by atoms with Gasteiger partial charge in [-0.15, -0.1) is 11.3 Å². The average Bonchev–Trinajstić information content (AvgIpc) is 2.87. The zero-order chi connectivity index (χ0) is 14.5. The second-order valence-corrected chi connectivity index (χ2v) is 5.94. The maximum absolute atomic E-state index is 11.9. The number of halogens is 1. The lowest BCUT2D eigenvalue weighted by molar-refractivity contribution is 0.0953. The molecule has 1 heterocycles. The molecule has 0 atom stereocenters. The number of Topliss-reactive ketones (excluding diaryl/α,β-unsaturated/α-hetero) is 1. The molecule has 0 spiro atoms. The molecule has 5 heteroatoms. The van der Waals surface area contributed by atoms with Crippen LogP contribution >= 0.6 is 22.9 Å². The molecular weight excluding hydrogens is 294 g/mol. The first-order valence-corrected chi connectivity index (χ1v) is 7.39. The Morgan fingerprint density at radius 2 is 2.05 bits per heavy atom. The van der Waals surface area contributed by atoms with Crippen LogP contribution in [0.3, 0.4) is 0 Å². The number of thiophene rings is 1. The van der Waals surface area contributed by atoms with Gasteiger partial charge in [0.15, 0.2) is 5.78 Å². The second kappa shape index (κ2) is 6.68. The maximum Gasteiger partial charge on any atom is 0.251 e. The van der Waals surface area contributed by atoms with Crippen molar-refractivity contribution in [2.45, 2.75) is 13.3 Å². The Balaban J connectivity index is 1.86. The van der Waals surface area contributed by atoms with E-state index in [-0.39, 0.29) is 11.7 Å². The van der Waals surface area contributed by atoms with Crippen molar-refractivity contribution >= 4 is 34.6 Å². The van der Waals surface area contributed by atoms with Gasteiger partial charge in [0.25, 0.3) is 5.91 Å². The minimum Gasteiger partial charge on any atom is -0.352 e. The summed E-state index contributed by atoms with van der Waals surface area (Å²) >= 11 is 7.31. The number of ketones is 1. The van der Waals surface area contributed by atoms with Gasteiger partial charge in [0.1, 0.15) is 0 Å². The number of carbonyl (C=O) groups excluding carboxylic acids is 2. The van der Waals surface area contributed by atoms with E-state index in [9.17, 15) is 9.59 Å². The van der Waals surface area contributed by atoms with Gasteiger partial charge in [-0.1, -0.05) is 17.7 Å². The molecular formula is C15H14ClNO2S. The maximum atomic E-state index is 11.9. The molecule has 0 saturated carbocycles. The van der Waals surface area contributed by atoms with Crippen LogP contribution in [0, 0.1) is 0 Å². The molecule has 1 aromatic heterocycles. The Kier molecular flexibility index (Phi) is 4.93. The molecule has 0 saturated heterocycles. The summed E-state index contributed by atoms with van der Waals surface area (Å²) in [6, 6.07) is 10.6. The van der Waals surface area contributed by atoms with Gasteiger partial charge in [0, 0.05) is 22.0 Å². The standard InChI is InChI=1S/C15H14ClNO2S/c1-10(18)14-6-5-13(20-14)7-8-17-15(19)11-3-2-4-12(16)9-11/h2-6,9H,7-8H2,1H3,(H,17,19). The zero-order valence-corrected chi connectivity index (χ0v) is 12.6. The zero-order valence-electron chi connectivity index (χ0n) is 11.0. The minimum absolute atomic E-state index is 0.0733.